The highest BCUT2D eigenvalue weighted by atomic mass is 19.4. The lowest BCUT2D eigenvalue weighted by Crippen LogP contribution is -2.24. The van der Waals surface area contributed by atoms with Gasteiger partial charge in [0.2, 0.25) is 0 Å². The highest BCUT2D eigenvalue weighted by Crippen LogP contribution is 2.23. The van der Waals surface area contributed by atoms with Gasteiger partial charge in [-0.05, 0) is 42.3 Å². The zero-order valence-electron chi connectivity index (χ0n) is 15.9. The van der Waals surface area contributed by atoms with Crippen LogP contribution in [0.2, 0.25) is 0 Å². The van der Waals surface area contributed by atoms with Crippen LogP contribution in [-0.2, 0) is 4.79 Å². The fourth-order valence-corrected chi connectivity index (χ4v) is 2.71. The molecule has 0 saturated carbocycles. The van der Waals surface area contributed by atoms with E-state index in [1.807, 2.05) is 24.3 Å². The number of aliphatic hydroxyl groups excluding tert-OH is 1. The first-order valence-electron chi connectivity index (χ1n) is 8.90. The maximum Gasteiger partial charge on any atom is 0.490 e. The molecule has 5 nitrogen and oxygen atoms in total. The second kappa shape index (κ2) is 10.1. The number of nitrogens with one attached hydrogen (secondary N) is 1. The molecule has 3 N–H and O–H groups in total. The van der Waals surface area contributed by atoms with Crippen molar-refractivity contribution < 1.29 is 32.6 Å². The van der Waals surface area contributed by atoms with Gasteiger partial charge in [-0.2, -0.15) is 13.2 Å². The van der Waals surface area contributed by atoms with E-state index in [0.717, 1.165) is 16.5 Å². The molecule has 0 spiro atoms. The van der Waals surface area contributed by atoms with E-state index in [2.05, 4.69) is 23.3 Å². The lowest BCUT2D eigenvalue weighted by Gasteiger charge is -2.19. The van der Waals surface area contributed by atoms with Crippen LogP contribution in [0.3, 0.4) is 0 Å². The van der Waals surface area contributed by atoms with Crippen molar-refractivity contribution in [1.29, 1.82) is 0 Å². The van der Waals surface area contributed by atoms with Crippen LogP contribution < -0.4 is 5.32 Å². The Morgan fingerprint density at radius 2 is 1.73 bits per heavy atom. The molecule has 0 saturated heterocycles. The first-order chi connectivity index (χ1) is 14.1. The van der Waals surface area contributed by atoms with E-state index in [-0.39, 0.29) is 11.9 Å². The predicted octanol–water partition coefficient (Wildman–Crippen LogP) is 4.39. The van der Waals surface area contributed by atoms with Crippen molar-refractivity contribution in [1.82, 2.24) is 10.3 Å². The van der Waals surface area contributed by atoms with Crippen molar-refractivity contribution in [2.75, 3.05) is 6.54 Å². The smallest absolute Gasteiger partial charge is 0.475 e. The fraction of sp³-hybridized carbons (Fsp3) is 0.238. The molecule has 0 bridgehead atoms. The number of carbonyl (C=O) groups is 1. The third kappa shape index (κ3) is 6.50. The number of pyridine rings is 1. The molecule has 0 amide bonds. The van der Waals surface area contributed by atoms with Crippen LogP contribution in [0.15, 0.2) is 60.8 Å². The molecule has 30 heavy (non-hydrogen) atoms. The number of benzene rings is 2. The van der Waals surface area contributed by atoms with Gasteiger partial charge in [0.25, 0.3) is 0 Å². The van der Waals surface area contributed by atoms with Crippen LogP contribution >= 0.6 is 0 Å². The highest BCUT2D eigenvalue weighted by Gasteiger charge is 2.38. The van der Waals surface area contributed by atoms with Gasteiger partial charge in [0.15, 0.2) is 0 Å². The summed E-state index contributed by atoms with van der Waals surface area (Å²) in [6.07, 6.45) is -3.98. The van der Waals surface area contributed by atoms with Gasteiger partial charge in [0.1, 0.15) is 5.82 Å². The Morgan fingerprint density at radius 3 is 2.33 bits per heavy atom. The number of hydrogen-bond donors (Lipinski definition) is 3. The third-order valence-corrected chi connectivity index (χ3v) is 4.26. The Morgan fingerprint density at radius 1 is 1.10 bits per heavy atom. The van der Waals surface area contributed by atoms with Gasteiger partial charge in [-0.25, -0.2) is 9.18 Å². The first kappa shape index (κ1) is 23.2. The maximum atomic E-state index is 12.9. The normalized spacial score (nSPS) is 13.3. The van der Waals surface area contributed by atoms with Crippen molar-refractivity contribution in [3.05, 3.63) is 77.7 Å². The van der Waals surface area contributed by atoms with Gasteiger partial charge >= 0.3 is 12.1 Å². The summed E-state index contributed by atoms with van der Waals surface area (Å²) in [6, 6.07) is 16.0. The third-order valence-electron chi connectivity index (χ3n) is 4.26. The highest BCUT2D eigenvalue weighted by molar-refractivity contribution is 5.82. The average Bonchev–Trinajstić information content (AvgIpc) is 2.71. The minimum absolute atomic E-state index is 0.0676. The van der Waals surface area contributed by atoms with Gasteiger partial charge in [-0.15, -0.1) is 0 Å². The van der Waals surface area contributed by atoms with Crippen LogP contribution in [-0.4, -0.2) is 33.9 Å². The molecule has 9 heteroatoms. The Balaban J connectivity index is 0.000000396. The summed E-state index contributed by atoms with van der Waals surface area (Å²) in [4.78, 5) is 13.3. The molecule has 2 atom stereocenters. The molecule has 2 aromatic carbocycles. The van der Waals surface area contributed by atoms with Crippen molar-refractivity contribution in [3.8, 4) is 0 Å². The minimum Gasteiger partial charge on any atom is -0.475 e. The van der Waals surface area contributed by atoms with Crippen molar-refractivity contribution >= 4 is 16.9 Å². The van der Waals surface area contributed by atoms with Crippen LogP contribution in [0.5, 0.6) is 0 Å². The number of aliphatic carboxylic acids is 1. The van der Waals surface area contributed by atoms with Gasteiger partial charge in [0.05, 0.1) is 11.6 Å². The predicted molar refractivity (Wildman–Crippen MR) is 103 cm³/mol. The van der Waals surface area contributed by atoms with E-state index < -0.39 is 18.2 Å². The Bertz CT molecular complexity index is 973. The number of hydrogen-bond acceptors (Lipinski definition) is 4. The second-order valence-corrected chi connectivity index (χ2v) is 6.42. The molecular formula is C21H20F4N2O3. The molecule has 160 valence electrons. The molecule has 1 heterocycles. The second-order valence-electron chi connectivity index (χ2n) is 6.42. The standard InChI is InChI=1S/C19H19FN2O.C2HF3O2/c1-13(16-4-2-6-18-17(16)5-3-11-21-18)22-12-19(23)14-7-9-15(20)10-8-14;3-2(4,5)1(6)7/h2-11,13,19,22-23H,12H2,1H3;(H,6,7). The van der Waals surface area contributed by atoms with E-state index in [4.69, 9.17) is 9.90 Å². The Labute approximate surface area is 170 Å². The van der Waals surface area contributed by atoms with Crippen LogP contribution in [0, 0.1) is 5.82 Å². The van der Waals surface area contributed by atoms with Crippen LogP contribution in [0.4, 0.5) is 17.6 Å². The Kier molecular flexibility index (Phi) is 7.85. The molecule has 1 aromatic heterocycles. The minimum atomic E-state index is -5.08. The number of halogens is 4. The summed E-state index contributed by atoms with van der Waals surface area (Å²) in [7, 11) is 0. The van der Waals surface area contributed by atoms with Crippen molar-refractivity contribution in [3.63, 3.8) is 0 Å². The monoisotopic (exact) mass is 424 g/mol. The van der Waals surface area contributed by atoms with E-state index >= 15 is 0 Å². The largest absolute Gasteiger partial charge is 0.490 e. The SMILES string of the molecule is CC(NCC(O)c1ccc(F)cc1)c1cccc2ncccc12.O=C(O)C(F)(F)F. The number of nitrogens with zero attached hydrogens (tertiary/aromatic N) is 1. The quantitative estimate of drug-likeness (QED) is 0.529. The first-order valence-corrected chi connectivity index (χ1v) is 8.90. The molecule has 0 aliphatic heterocycles. The molecule has 0 aliphatic rings. The number of aromatic nitrogens is 1. The lowest BCUT2D eigenvalue weighted by molar-refractivity contribution is -0.192. The fourth-order valence-electron chi connectivity index (χ4n) is 2.71. The molecule has 3 rings (SSSR count). The van der Waals surface area contributed by atoms with E-state index in [1.54, 1.807) is 18.3 Å². The number of carboxylic acids is 1. The van der Waals surface area contributed by atoms with E-state index in [0.29, 0.717) is 12.1 Å². The molecule has 0 fully saturated rings. The number of alkyl halides is 3. The average molecular weight is 424 g/mol. The van der Waals surface area contributed by atoms with E-state index in [9.17, 15) is 22.7 Å². The molecule has 2 unspecified atom stereocenters. The number of carboxylic acid groups (broad SMARTS) is 1. The van der Waals surface area contributed by atoms with Crippen molar-refractivity contribution in [2.45, 2.75) is 25.2 Å². The molecular weight excluding hydrogens is 404 g/mol. The summed E-state index contributed by atoms with van der Waals surface area (Å²) in [5.74, 6) is -3.06. The van der Waals surface area contributed by atoms with Gasteiger partial charge in [-0.1, -0.05) is 30.3 Å². The van der Waals surface area contributed by atoms with Crippen LogP contribution in [0.1, 0.15) is 30.2 Å². The molecule has 0 radical (unpaired) electrons. The van der Waals surface area contributed by atoms with Gasteiger partial charge < -0.3 is 15.5 Å². The summed E-state index contributed by atoms with van der Waals surface area (Å²) < 4.78 is 44.7. The van der Waals surface area contributed by atoms with Crippen molar-refractivity contribution in [2.24, 2.45) is 0 Å². The zero-order chi connectivity index (χ0) is 22.3. The summed E-state index contributed by atoms with van der Waals surface area (Å²) in [5.41, 5.74) is 2.80. The number of aliphatic hydroxyl groups is 1. The molecule has 3 aromatic rings. The molecule has 0 aliphatic carbocycles. The maximum absolute atomic E-state index is 12.9. The summed E-state index contributed by atoms with van der Waals surface area (Å²) in [5, 5.41) is 21.8. The number of rotatable bonds is 5. The zero-order valence-corrected chi connectivity index (χ0v) is 15.9. The Hall–Kier alpha value is -3.04. The van der Waals surface area contributed by atoms with Crippen LogP contribution in [0.25, 0.3) is 10.9 Å². The summed E-state index contributed by atoms with van der Waals surface area (Å²) in [6.45, 7) is 2.45. The lowest BCUT2D eigenvalue weighted by atomic mass is 10.0. The van der Waals surface area contributed by atoms with E-state index in [1.165, 1.54) is 12.1 Å². The topological polar surface area (TPSA) is 82.5 Å². The summed E-state index contributed by atoms with van der Waals surface area (Å²) >= 11 is 0. The van der Waals surface area contributed by atoms with Gasteiger partial charge in [-0.3, -0.25) is 4.98 Å². The number of fused-ring (bicyclic) bond motifs is 1. The van der Waals surface area contributed by atoms with Gasteiger partial charge in [0, 0.05) is 24.2 Å².